The van der Waals surface area contributed by atoms with Crippen LogP contribution in [-0.4, -0.2) is 33.0 Å². The third-order valence-electron chi connectivity index (χ3n) is 3.68. The molecule has 4 nitrogen and oxygen atoms in total. The second kappa shape index (κ2) is 16.9. The van der Waals surface area contributed by atoms with E-state index in [0.717, 1.165) is 19.4 Å². The van der Waals surface area contributed by atoms with Gasteiger partial charge in [0.05, 0.1) is 13.2 Å². The molecular weight excluding hydrogens is 252 g/mol. The summed E-state index contributed by atoms with van der Waals surface area (Å²) in [4.78, 5) is 0. The average Bonchev–Trinajstić information content (AvgIpc) is 2.47. The quantitative estimate of drug-likeness (QED) is 0.260. The molecule has 0 amide bonds. The largest absolute Gasteiger partial charge is 0.382 e. The Bertz CT molecular complexity index is 180. The number of hydrazine groups is 1. The summed E-state index contributed by atoms with van der Waals surface area (Å²) in [5.74, 6) is 5.58. The van der Waals surface area contributed by atoms with Gasteiger partial charge in [0.25, 0.3) is 0 Å². The SMILES string of the molecule is CCCCCCCCCCC(CCOCCOC)NN. The number of unbranched alkanes of at least 4 members (excludes halogenated alkanes) is 7. The predicted molar refractivity (Wildman–Crippen MR) is 85.7 cm³/mol. The van der Waals surface area contributed by atoms with Crippen LogP contribution < -0.4 is 11.3 Å². The number of hydrogen-bond donors (Lipinski definition) is 2. The number of nitrogens with two attached hydrogens (primary N) is 1. The molecule has 0 aromatic heterocycles. The zero-order valence-electron chi connectivity index (χ0n) is 13.7. The van der Waals surface area contributed by atoms with Gasteiger partial charge >= 0.3 is 0 Å². The molecule has 1 unspecified atom stereocenters. The van der Waals surface area contributed by atoms with Crippen LogP contribution in [0.2, 0.25) is 0 Å². The van der Waals surface area contributed by atoms with Crippen LogP contribution in [0.5, 0.6) is 0 Å². The normalized spacial score (nSPS) is 12.8. The molecule has 0 aliphatic rings. The van der Waals surface area contributed by atoms with Gasteiger partial charge in [-0.25, -0.2) is 0 Å². The van der Waals surface area contributed by atoms with Gasteiger partial charge < -0.3 is 9.47 Å². The smallest absolute Gasteiger partial charge is 0.0700 e. The molecule has 0 rings (SSSR count). The zero-order valence-corrected chi connectivity index (χ0v) is 13.7. The maximum Gasteiger partial charge on any atom is 0.0700 e. The van der Waals surface area contributed by atoms with Crippen LogP contribution in [0.3, 0.4) is 0 Å². The summed E-state index contributed by atoms with van der Waals surface area (Å²) in [7, 11) is 1.69. The van der Waals surface area contributed by atoms with E-state index < -0.39 is 0 Å². The summed E-state index contributed by atoms with van der Waals surface area (Å²) < 4.78 is 10.4. The Hall–Kier alpha value is -0.160. The molecule has 0 spiro atoms. The zero-order chi connectivity index (χ0) is 14.9. The highest BCUT2D eigenvalue weighted by Crippen LogP contribution is 2.11. The van der Waals surface area contributed by atoms with Crippen molar-refractivity contribution in [1.29, 1.82) is 0 Å². The minimum Gasteiger partial charge on any atom is -0.382 e. The highest BCUT2D eigenvalue weighted by molar-refractivity contribution is 4.63. The van der Waals surface area contributed by atoms with Gasteiger partial charge in [-0.05, 0) is 12.8 Å². The van der Waals surface area contributed by atoms with Gasteiger partial charge in [0, 0.05) is 19.8 Å². The second-order valence-electron chi connectivity index (χ2n) is 5.52. The van der Waals surface area contributed by atoms with Crippen molar-refractivity contribution >= 4 is 0 Å². The van der Waals surface area contributed by atoms with Crippen molar-refractivity contribution in [2.75, 3.05) is 26.9 Å². The Morgan fingerprint density at radius 3 is 2.10 bits per heavy atom. The van der Waals surface area contributed by atoms with Crippen molar-refractivity contribution in [3.8, 4) is 0 Å². The fourth-order valence-electron chi connectivity index (χ4n) is 2.31. The standard InChI is InChI=1S/C16H36N2O2/c1-3-4-5-6-7-8-9-10-11-16(18-17)12-13-20-15-14-19-2/h16,18H,3-15,17H2,1-2H3. The monoisotopic (exact) mass is 288 g/mol. The highest BCUT2D eigenvalue weighted by Gasteiger charge is 2.05. The average molecular weight is 288 g/mol. The van der Waals surface area contributed by atoms with Crippen LogP contribution >= 0.6 is 0 Å². The molecule has 122 valence electrons. The van der Waals surface area contributed by atoms with Gasteiger partial charge in [-0.2, -0.15) is 0 Å². The van der Waals surface area contributed by atoms with Gasteiger partial charge in [0.2, 0.25) is 0 Å². The fourth-order valence-corrected chi connectivity index (χ4v) is 2.31. The Labute approximate surface area is 125 Å². The van der Waals surface area contributed by atoms with Crippen LogP contribution in [0.15, 0.2) is 0 Å². The lowest BCUT2D eigenvalue weighted by Crippen LogP contribution is -2.36. The second-order valence-corrected chi connectivity index (χ2v) is 5.52. The molecule has 0 aliphatic carbocycles. The maximum atomic E-state index is 5.58. The van der Waals surface area contributed by atoms with Crippen LogP contribution in [0.25, 0.3) is 0 Å². The van der Waals surface area contributed by atoms with E-state index in [2.05, 4.69) is 12.3 Å². The molecule has 0 saturated heterocycles. The summed E-state index contributed by atoms with van der Waals surface area (Å²) in [6.45, 7) is 4.36. The Morgan fingerprint density at radius 2 is 1.50 bits per heavy atom. The van der Waals surface area contributed by atoms with Crippen molar-refractivity contribution < 1.29 is 9.47 Å². The summed E-state index contributed by atoms with van der Waals surface area (Å²) in [5.41, 5.74) is 2.90. The minimum absolute atomic E-state index is 0.387. The van der Waals surface area contributed by atoms with Crippen LogP contribution in [-0.2, 0) is 9.47 Å². The van der Waals surface area contributed by atoms with E-state index >= 15 is 0 Å². The maximum absolute atomic E-state index is 5.58. The van der Waals surface area contributed by atoms with Crippen molar-refractivity contribution in [1.82, 2.24) is 5.43 Å². The lowest BCUT2D eigenvalue weighted by molar-refractivity contribution is 0.0653. The number of ether oxygens (including phenoxy) is 2. The van der Waals surface area contributed by atoms with Gasteiger partial charge in [0.15, 0.2) is 0 Å². The Morgan fingerprint density at radius 1 is 0.850 bits per heavy atom. The Kier molecular flexibility index (Phi) is 16.8. The van der Waals surface area contributed by atoms with E-state index in [1.165, 1.54) is 51.4 Å². The molecule has 0 aromatic carbocycles. The first kappa shape index (κ1) is 19.8. The first-order valence-electron chi connectivity index (χ1n) is 8.38. The fraction of sp³-hybridized carbons (Fsp3) is 1.00. The van der Waals surface area contributed by atoms with E-state index in [1.54, 1.807) is 7.11 Å². The molecule has 4 heteroatoms. The molecule has 0 bridgehead atoms. The number of hydrogen-bond acceptors (Lipinski definition) is 4. The molecule has 0 radical (unpaired) electrons. The molecule has 0 fully saturated rings. The molecule has 20 heavy (non-hydrogen) atoms. The van der Waals surface area contributed by atoms with Crippen LogP contribution in [0.1, 0.15) is 71.1 Å². The van der Waals surface area contributed by atoms with Crippen molar-refractivity contribution in [2.45, 2.75) is 77.2 Å². The van der Waals surface area contributed by atoms with Gasteiger partial charge in [-0.3, -0.25) is 11.3 Å². The van der Waals surface area contributed by atoms with Gasteiger partial charge in [-0.1, -0.05) is 58.3 Å². The lowest BCUT2D eigenvalue weighted by atomic mass is 10.0. The minimum atomic E-state index is 0.387. The molecule has 0 aliphatic heterocycles. The number of rotatable bonds is 16. The third kappa shape index (κ3) is 14.3. The molecule has 3 N–H and O–H groups in total. The topological polar surface area (TPSA) is 56.5 Å². The number of nitrogens with one attached hydrogen (secondary N) is 1. The van der Waals surface area contributed by atoms with Crippen molar-refractivity contribution in [2.24, 2.45) is 5.84 Å². The van der Waals surface area contributed by atoms with Crippen LogP contribution in [0, 0.1) is 0 Å². The van der Waals surface area contributed by atoms with Crippen LogP contribution in [0.4, 0.5) is 0 Å². The summed E-state index contributed by atoms with van der Waals surface area (Å²) in [6, 6.07) is 0.387. The van der Waals surface area contributed by atoms with Crippen molar-refractivity contribution in [3.05, 3.63) is 0 Å². The third-order valence-corrected chi connectivity index (χ3v) is 3.68. The number of methoxy groups -OCH3 is 1. The van der Waals surface area contributed by atoms with E-state index in [-0.39, 0.29) is 0 Å². The van der Waals surface area contributed by atoms with Crippen molar-refractivity contribution in [3.63, 3.8) is 0 Å². The van der Waals surface area contributed by atoms with E-state index in [9.17, 15) is 0 Å². The summed E-state index contributed by atoms with van der Waals surface area (Å²) >= 11 is 0. The Balaban J connectivity index is 3.28. The summed E-state index contributed by atoms with van der Waals surface area (Å²) in [6.07, 6.45) is 13.0. The molecule has 0 heterocycles. The van der Waals surface area contributed by atoms with E-state index in [1.807, 2.05) is 0 Å². The first-order chi connectivity index (χ1) is 9.85. The molecule has 1 atom stereocenters. The predicted octanol–water partition coefficient (Wildman–Crippen LogP) is 3.40. The highest BCUT2D eigenvalue weighted by atomic mass is 16.5. The molecular formula is C16H36N2O2. The first-order valence-corrected chi connectivity index (χ1v) is 8.38. The lowest BCUT2D eigenvalue weighted by Gasteiger charge is -2.15. The molecule has 0 saturated carbocycles. The van der Waals surface area contributed by atoms with E-state index in [4.69, 9.17) is 15.3 Å². The van der Waals surface area contributed by atoms with Gasteiger partial charge in [0.1, 0.15) is 0 Å². The van der Waals surface area contributed by atoms with E-state index in [0.29, 0.717) is 19.3 Å². The summed E-state index contributed by atoms with van der Waals surface area (Å²) in [5, 5.41) is 0. The van der Waals surface area contributed by atoms with Gasteiger partial charge in [-0.15, -0.1) is 0 Å². The molecule has 0 aromatic rings.